The van der Waals surface area contributed by atoms with E-state index in [0.29, 0.717) is 17.0 Å². The number of anilines is 1. The number of likely N-dealkylation sites (N-methyl/N-ethyl adjacent to an activating group) is 1. The van der Waals surface area contributed by atoms with Gasteiger partial charge in [-0.2, -0.15) is 0 Å². The molecule has 0 spiro atoms. The van der Waals surface area contributed by atoms with Crippen molar-refractivity contribution in [2.24, 2.45) is 0 Å². The molecule has 0 aromatic heterocycles. The number of nitrogen functional groups attached to an aromatic ring is 1. The zero-order valence-corrected chi connectivity index (χ0v) is 12.8. The summed E-state index contributed by atoms with van der Waals surface area (Å²) in [6.07, 6.45) is 0. The maximum atomic E-state index is 12.2. The molecule has 0 saturated carbocycles. The van der Waals surface area contributed by atoms with Crippen LogP contribution in [0, 0.1) is 0 Å². The summed E-state index contributed by atoms with van der Waals surface area (Å²) < 4.78 is 5.12. The van der Waals surface area contributed by atoms with Gasteiger partial charge in [0.1, 0.15) is 5.75 Å². The number of hydrogen-bond acceptors (Lipinski definition) is 4. The van der Waals surface area contributed by atoms with Crippen molar-refractivity contribution in [2.45, 2.75) is 26.8 Å². The van der Waals surface area contributed by atoms with E-state index >= 15 is 0 Å². The second-order valence-corrected chi connectivity index (χ2v) is 4.81. The van der Waals surface area contributed by atoms with Gasteiger partial charge in [-0.3, -0.25) is 4.79 Å². The van der Waals surface area contributed by atoms with Crippen LogP contribution in [-0.2, 0) is 0 Å². The van der Waals surface area contributed by atoms with Gasteiger partial charge >= 0.3 is 0 Å². The van der Waals surface area contributed by atoms with Crippen LogP contribution in [0.3, 0.4) is 0 Å². The van der Waals surface area contributed by atoms with Gasteiger partial charge in [0.2, 0.25) is 0 Å². The Morgan fingerprint density at radius 2 is 2.05 bits per heavy atom. The number of benzene rings is 1. The highest BCUT2D eigenvalue weighted by Crippen LogP contribution is 2.19. The topological polar surface area (TPSA) is 67.6 Å². The van der Waals surface area contributed by atoms with E-state index in [1.54, 1.807) is 25.3 Å². The van der Waals surface area contributed by atoms with Crippen molar-refractivity contribution in [2.75, 3.05) is 32.5 Å². The van der Waals surface area contributed by atoms with Crippen LogP contribution in [-0.4, -0.2) is 43.6 Å². The van der Waals surface area contributed by atoms with Gasteiger partial charge in [0.05, 0.1) is 12.7 Å². The van der Waals surface area contributed by atoms with E-state index in [1.165, 1.54) is 0 Å². The molecule has 5 nitrogen and oxygen atoms in total. The number of methoxy groups -OCH3 is 1. The van der Waals surface area contributed by atoms with Gasteiger partial charge in [0.15, 0.2) is 0 Å². The molecule has 1 aromatic carbocycles. The summed E-state index contributed by atoms with van der Waals surface area (Å²) in [6, 6.07) is 5.15. The lowest BCUT2D eigenvalue weighted by Crippen LogP contribution is -2.42. The van der Waals surface area contributed by atoms with Crippen molar-refractivity contribution in [1.29, 1.82) is 0 Å². The lowest BCUT2D eigenvalue weighted by Gasteiger charge is -2.23. The molecule has 1 amide bonds. The van der Waals surface area contributed by atoms with Crippen LogP contribution in [0.1, 0.15) is 31.1 Å². The summed E-state index contributed by atoms with van der Waals surface area (Å²) in [7, 11) is 1.57. The molecule has 1 unspecified atom stereocenters. The van der Waals surface area contributed by atoms with Crippen molar-refractivity contribution in [3.8, 4) is 5.75 Å². The Balaban J connectivity index is 2.71. The van der Waals surface area contributed by atoms with E-state index in [2.05, 4.69) is 24.1 Å². The quantitative estimate of drug-likeness (QED) is 0.746. The molecule has 1 rings (SSSR count). The molecular weight excluding hydrogens is 254 g/mol. The van der Waals surface area contributed by atoms with E-state index < -0.39 is 0 Å². The molecule has 20 heavy (non-hydrogen) atoms. The van der Waals surface area contributed by atoms with Crippen molar-refractivity contribution in [1.82, 2.24) is 10.2 Å². The normalized spacial score (nSPS) is 12.2. The number of carbonyl (C=O) groups excluding carboxylic acids is 1. The monoisotopic (exact) mass is 279 g/mol. The number of nitrogens with two attached hydrogens (primary N) is 1. The molecule has 0 fully saturated rings. The summed E-state index contributed by atoms with van der Waals surface area (Å²) in [5, 5.41) is 2.97. The summed E-state index contributed by atoms with van der Waals surface area (Å²) in [4.78, 5) is 14.5. The third-order valence-electron chi connectivity index (χ3n) is 3.31. The Morgan fingerprint density at radius 1 is 1.40 bits per heavy atom. The number of ether oxygens (including phenoxy) is 1. The van der Waals surface area contributed by atoms with Crippen LogP contribution in [0.4, 0.5) is 5.69 Å². The van der Waals surface area contributed by atoms with Crippen molar-refractivity contribution < 1.29 is 9.53 Å². The highest BCUT2D eigenvalue weighted by molar-refractivity contribution is 5.99. The molecule has 3 N–H and O–H groups in total. The maximum absolute atomic E-state index is 12.2. The van der Waals surface area contributed by atoms with Gasteiger partial charge in [0, 0.05) is 18.3 Å². The third kappa shape index (κ3) is 4.42. The molecule has 0 saturated heterocycles. The molecule has 0 bridgehead atoms. The van der Waals surface area contributed by atoms with Gasteiger partial charge in [-0.05, 0) is 38.2 Å². The SMILES string of the molecule is CCN(CC)CC(C)NC(=O)c1cc(OC)ccc1N. The fourth-order valence-corrected chi connectivity index (χ4v) is 2.08. The van der Waals surface area contributed by atoms with Gasteiger partial charge in [-0.15, -0.1) is 0 Å². The molecule has 112 valence electrons. The summed E-state index contributed by atoms with van der Waals surface area (Å²) in [5.74, 6) is 0.460. The predicted molar refractivity (Wildman–Crippen MR) is 82.1 cm³/mol. The number of amides is 1. The van der Waals surface area contributed by atoms with Crippen LogP contribution >= 0.6 is 0 Å². The standard InChI is InChI=1S/C15H25N3O2/c1-5-18(6-2)10-11(3)17-15(19)13-9-12(20-4)7-8-14(13)16/h7-9,11H,5-6,10,16H2,1-4H3,(H,17,19). The van der Waals surface area contributed by atoms with Crippen molar-refractivity contribution in [3.05, 3.63) is 23.8 Å². The van der Waals surface area contributed by atoms with Crippen LogP contribution in [0.25, 0.3) is 0 Å². The minimum Gasteiger partial charge on any atom is -0.497 e. The van der Waals surface area contributed by atoms with E-state index in [4.69, 9.17) is 10.5 Å². The highest BCUT2D eigenvalue weighted by atomic mass is 16.5. The van der Waals surface area contributed by atoms with E-state index in [-0.39, 0.29) is 11.9 Å². The van der Waals surface area contributed by atoms with Gasteiger partial charge in [0.25, 0.3) is 5.91 Å². The molecule has 0 aliphatic heterocycles. The zero-order valence-electron chi connectivity index (χ0n) is 12.8. The first-order chi connectivity index (χ1) is 9.51. The molecule has 1 atom stereocenters. The number of nitrogens with zero attached hydrogens (tertiary/aromatic N) is 1. The van der Waals surface area contributed by atoms with Gasteiger partial charge in [-0.1, -0.05) is 13.8 Å². The van der Waals surface area contributed by atoms with Gasteiger partial charge < -0.3 is 20.7 Å². The second-order valence-electron chi connectivity index (χ2n) is 4.81. The largest absolute Gasteiger partial charge is 0.497 e. The number of rotatable bonds is 7. The summed E-state index contributed by atoms with van der Waals surface area (Å²) in [6.45, 7) is 8.97. The second kappa shape index (κ2) is 7.75. The van der Waals surface area contributed by atoms with Crippen LogP contribution in [0.5, 0.6) is 5.75 Å². The lowest BCUT2D eigenvalue weighted by molar-refractivity contribution is 0.0931. The highest BCUT2D eigenvalue weighted by Gasteiger charge is 2.15. The van der Waals surface area contributed by atoms with Crippen molar-refractivity contribution in [3.63, 3.8) is 0 Å². The maximum Gasteiger partial charge on any atom is 0.253 e. The van der Waals surface area contributed by atoms with Crippen LogP contribution in [0.15, 0.2) is 18.2 Å². The van der Waals surface area contributed by atoms with E-state index in [9.17, 15) is 4.79 Å². The Labute approximate surface area is 121 Å². The van der Waals surface area contributed by atoms with Crippen LogP contribution in [0.2, 0.25) is 0 Å². The Hall–Kier alpha value is -1.75. The zero-order chi connectivity index (χ0) is 15.1. The first-order valence-electron chi connectivity index (χ1n) is 6.98. The molecular formula is C15H25N3O2. The molecule has 0 radical (unpaired) electrons. The first kappa shape index (κ1) is 16.3. The fraction of sp³-hybridized carbons (Fsp3) is 0.533. The third-order valence-corrected chi connectivity index (χ3v) is 3.31. The fourth-order valence-electron chi connectivity index (χ4n) is 2.08. The summed E-state index contributed by atoms with van der Waals surface area (Å²) in [5.41, 5.74) is 6.76. The minimum absolute atomic E-state index is 0.0630. The van der Waals surface area contributed by atoms with Crippen molar-refractivity contribution >= 4 is 11.6 Å². The molecule has 0 aliphatic rings. The minimum atomic E-state index is -0.166. The predicted octanol–water partition coefficient (Wildman–Crippen LogP) is 1.74. The first-order valence-corrected chi connectivity index (χ1v) is 6.98. The molecule has 0 aliphatic carbocycles. The van der Waals surface area contributed by atoms with E-state index in [0.717, 1.165) is 19.6 Å². The Kier molecular flexibility index (Phi) is 6.31. The lowest BCUT2D eigenvalue weighted by atomic mass is 10.1. The number of carbonyl (C=O) groups is 1. The molecule has 5 heteroatoms. The van der Waals surface area contributed by atoms with E-state index in [1.807, 2.05) is 6.92 Å². The average molecular weight is 279 g/mol. The Morgan fingerprint density at radius 3 is 2.60 bits per heavy atom. The van der Waals surface area contributed by atoms with Crippen LogP contribution < -0.4 is 15.8 Å². The molecule has 0 heterocycles. The number of hydrogen-bond donors (Lipinski definition) is 2. The summed E-state index contributed by atoms with van der Waals surface area (Å²) >= 11 is 0. The van der Waals surface area contributed by atoms with Gasteiger partial charge in [-0.25, -0.2) is 0 Å². The smallest absolute Gasteiger partial charge is 0.253 e. The number of nitrogens with one attached hydrogen (secondary N) is 1. The average Bonchev–Trinajstić information content (AvgIpc) is 2.45. The molecule has 1 aromatic rings. The Bertz CT molecular complexity index is 445.